The minimum Gasteiger partial charge on any atom is -0.367 e. The molecule has 1 saturated carbocycles. The van der Waals surface area contributed by atoms with E-state index in [9.17, 15) is 4.79 Å². The SMILES string of the molecule is CCOC1(c2noc(CC(=O)CC(C)C)n2)CCCC1. The molecule has 1 aromatic rings. The van der Waals surface area contributed by atoms with Crippen molar-refractivity contribution in [2.24, 2.45) is 5.92 Å². The second-order valence-electron chi connectivity index (χ2n) is 5.96. The monoisotopic (exact) mass is 280 g/mol. The van der Waals surface area contributed by atoms with Crippen molar-refractivity contribution in [1.29, 1.82) is 0 Å². The number of nitrogens with zero attached hydrogens (tertiary/aromatic N) is 2. The summed E-state index contributed by atoms with van der Waals surface area (Å²) in [6.45, 7) is 6.67. The van der Waals surface area contributed by atoms with Gasteiger partial charge in [0.1, 0.15) is 11.4 Å². The van der Waals surface area contributed by atoms with Crippen molar-refractivity contribution in [3.63, 3.8) is 0 Å². The van der Waals surface area contributed by atoms with Gasteiger partial charge in [-0.25, -0.2) is 0 Å². The molecule has 0 atom stereocenters. The zero-order valence-electron chi connectivity index (χ0n) is 12.6. The third-order valence-corrected chi connectivity index (χ3v) is 3.69. The molecule has 2 rings (SSSR count). The molecule has 20 heavy (non-hydrogen) atoms. The van der Waals surface area contributed by atoms with E-state index < -0.39 is 5.60 Å². The van der Waals surface area contributed by atoms with Crippen LogP contribution in [0.4, 0.5) is 0 Å². The number of carbonyl (C=O) groups is 1. The minimum atomic E-state index is -0.391. The average Bonchev–Trinajstić information content (AvgIpc) is 2.98. The maximum atomic E-state index is 11.8. The van der Waals surface area contributed by atoms with Crippen LogP contribution in [0.25, 0.3) is 0 Å². The Hall–Kier alpha value is -1.23. The lowest BCUT2D eigenvalue weighted by Crippen LogP contribution is -2.27. The second-order valence-corrected chi connectivity index (χ2v) is 5.96. The fourth-order valence-corrected chi connectivity index (χ4v) is 2.86. The predicted octanol–water partition coefficient (Wildman–Crippen LogP) is 3.03. The third kappa shape index (κ3) is 3.45. The molecule has 1 aliphatic carbocycles. The Labute approximate surface area is 120 Å². The van der Waals surface area contributed by atoms with Crippen LogP contribution in [-0.2, 0) is 21.6 Å². The molecule has 112 valence electrons. The van der Waals surface area contributed by atoms with Crippen LogP contribution in [0.3, 0.4) is 0 Å². The Morgan fingerprint density at radius 2 is 2.10 bits per heavy atom. The van der Waals surface area contributed by atoms with Gasteiger partial charge in [-0.1, -0.05) is 19.0 Å². The van der Waals surface area contributed by atoms with Crippen LogP contribution in [0, 0.1) is 5.92 Å². The molecule has 0 aliphatic heterocycles. The minimum absolute atomic E-state index is 0.145. The molecule has 0 saturated heterocycles. The Balaban J connectivity index is 2.06. The second kappa shape index (κ2) is 6.48. The van der Waals surface area contributed by atoms with Crippen molar-refractivity contribution in [3.8, 4) is 0 Å². The summed E-state index contributed by atoms with van der Waals surface area (Å²) in [7, 11) is 0. The Bertz CT molecular complexity index is 448. The van der Waals surface area contributed by atoms with E-state index in [0.717, 1.165) is 25.7 Å². The first kappa shape index (κ1) is 15.2. The molecular weight excluding hydrogens is 256 g/mol. The van der Waals surface area contributed by atoms with Gasteiger partial charge in [-0.05, 0) is 38.5 Å². The van der Waals surface area contributed by atoms with Crippen LogP contribution in [0.15, 0.2) is 4.52 Å². The van der Waals surface area contributed by atoms with Gasteiger partial charge in [-0.2, -0.15) is 4.98 Å². The molecule has 0 N–H and O–H groups in total. The maximum absolute atomic E-state index is 11.8. The van der Waals surface area contributed by atoms with Crippen molar-refractivity contribution >= 4 is 5.78 Å². The normalized spacial score (nSPS) is 17.8. The van der Waals surface area contributed by atoms with Gasteiger partial charge >= 0.3 is 0 Å². The van der Waals surface area contributed by atoms with Crippen LogP contribution < -0.4 is 0 Å². The Morgan fingerprint density at radius 1 is 1.40 bits per heavy atom. The van der Waals surface area contributed by atoms with E-state index in [4.69, 9.17) is 9.26 Å². The third-order valence-electron chi connectivity index (χ3n) is 3.69. The number of hydrogen-bond acceptors (Lipinski definition) is 5. The van der Waals surface area contributed by atoms with Crippen LogP contribution >= 0.6 is 0 Å². The maximum Gasteiger partial charge on any atom is 0.234 e. The summed E-state index contributed by atoms with van der Waals surface area (Å²) >= 11 is 0. The van der Waals surface area contributed by atoms with E-state index in [1.54, 1.807) is 0 Å². The van der Waals surface area contributed by atoms with Gasteiger partial charge in [0.05, 0.1) is 6.42 Å². The molecule has 1 aromatic heterocycles. The van der Waals surface area contributed by atoms with Crippen molar-refractivity contribution in [2.75, 3.05) is 6.61 Å². The quantitative estimate of drug-likeness (QED) is 0.768. The van der Waals surface area contributed by atoms with Crippen LogP contribution in [0.1, 0.15) is 64.6 Å². The molecule has 0 bridgehead atoms. The molecule has 0 amide bonds. The number of rotatable bonds is 7. The Kier molecular flexibility index (Phi) is 4.91. The highest BCUT2D eigenvalue weighted by Gasteiger charge is 2.40. The first-order valence-corrected chi connectivity index (χ1v) is 7.54. The lowest BCUT2D eigenvalue weighted by atomic mass is 10.0. The number of carbonyl (C=O) groups excluding carboxylic acids is 1. The van der Waals surface area contributed by atoms with E-state index in [-0.39, 0.29) is 12.2 Å². The molecule has 0 unspecified atom stereocenters. The van der Waals surface area contributed by atoms with Gasteiger partial charge < -0.3 is 9.26 Å². The molecule has 1 aliphatic rings. The summed E-state index contributed by atoms with van der Waals surface area (Å²) in [5.41, 5.74) is -0.391. The van der Waals surface area contributed by atoms with Crippen molar-refractivity contribution in [3.05, 3.63) is 11.7 Å². The number of ether oxygens (including phenoxy) is 1. The molecule has 0 aromatic carbocycles. The molecule has 5 nitrogen and oxygen atoms in total. The molecule has 1 fully saturated rings. The van der Waals surface area contributed by atoms with Gasteiger partial charge in [0.15, 0.2) is 0 Å². The summed E-state index contributed by atoms with van der Waals surface area (Å²) in [5.74, 6) is 1.53. The zero-order chi connectivity index (χ0) is 14.6. The lowest BCUT2D eigenvalue weighted by molar-refractivity contribution is -0.119. The van der Waals surface area contributed by atoms with Gasteiger partial charge in [0.2, 0.25) is 11.7 Å². The summed E-state index contributed by atoms with van der Waals surface area (Å²) in [5, 5.41) is 4.06. The molecule has 0 radical (unpaired) electrons. The predicted molar refractivity (Wildman–Crippen MR) is 74.2 cm³/mol. The first-order chi connectivity index (χ1) is 9.55. The van der Waals surface area contributed by atoms with Gasteiger partial charge in [0.25, 0.3) is 0 Å². The summed E-state index contributed by atoms with van der Waals surface area (Å²) in [6.07, 6.45) is 4.88. The van der Waals surface area contributed by atoms with E-state index in [1.807, 2.05) is 20.8 Å². The summed E-state index contributed by atoms with van der Waals surface area (Å²) in [6, 6.07) is 0. The van der Waals surface area contributed by atoms with Gasteiger partial charge in [0, 0.05) is 13.0 Å². The van der Waals surface area contributed by atoms with Crippen LogP contribution in [0.2, 0.25) is 0 Å². The van der Waals surface area contributed by atoms with E-state index in [2.05, 4.69) is 10.1 Å². The van der Waals surface area contributed by atoms with Crippen molar-refractivity contribution < 1.29 is 14.1 Å². The van der Waals surface area contributed by atoms with Gasteiger partial charge in [-0.15, -0.1) is 0 Å². The standard InChI is InChI=1S/C15H24N2O3/c1-4-19-15(7-5-6-8-15)14-16-13(20-17-14)10-12(18)9-11(2)3/h11H,4-10H2,1-3H3. The van der Waals surface area contributed by atoms with Gasteiger partial charge in [-0.3, -0.25) is 4.79 Å². The molecule has 1 heterocycles. The van der Waals surface area contributed by atoms with Crippen molar-refractivity contribution in [1.82, 2.24) is 10.1 Å². The highest BCUT2D eigenvalue weighted by atomic mass is 16.5. The Morgan fingerprint density at radius 3 is 2.70 bits per heavy atom. The highest BCUT2D eigenvalue weighted by molar-refractivity contribution is 5.80. The highest BCUT2D eigenvalue weighted by Crippen LogP contribution is 2.40. The van der Waals surface area contributed by atoms with E-state index in [0.29, 0.717) is 30.7 Å². The van der Waals surface area contributed by atoms with Crippen LogP contribution in [0.5, 0.6) is 0 Å². The fourth-order valence-electron chi connectivity index (χ4n) is 2.86. The van der Waals surface area contributed by atoms with Crippen molar-refractivity contribution in [2.45, 2.75) is 64.9 Å². The number of aromatic nitrogens is 2. The average molecular weight is 280 g/mol. The zero-order valence-corrected chi connectivity index (χ0v) is 12.6. The lowest BCUT2D eigenvalue weighted by Gasteiger charge is -2.24. The topological polar surface area (TPSA) is 65.2 Å². The van der Waals surface area contributed by atoms with E-state index in [1.165, 1.54) is 0 Å². The molecule has 5 heteroatoms. The first-order valence-electron chi connectivity index (χ1n) is 7.54. The fraction of sp³-hybridized carbons (Fsp3) is 0.800. The summed E-state index contributed by atoms with van der Waals surface area (Å²) in [4.78, 5) is 16.2. The molecular formula is C15H24N2O3. The van der Waals surface area contributed by atoms with Crippen LogP contribution in [-0.4, -0.2) is 22.5 Å². The number of hydrogen-bond donors (Lipinski definition) is 0. The molecule has 0 spiro atoms. The number of Topliss-reactive ketones (excluding diaryl/α,β-unsaturated/α-hetero) is 1. The number of ketones is 1. The van der Waals surface area contributed by atoms with E-state index >= 15 is 0 Å². The smallest absolute Gasteiger partial charge is 0.234 e. The summed E-state index contributed by atoms with van der Waals surface area (Å²) < 4.78 is 11.1. The largest absolute Gasteiger partial charge is 0.367 e.